The van der Waals surface area contributed by atoms with Crippen LogP contribution in [-0.4, -0.2) is 0 Å². The summed E-state index contributed by atoms with van der Waals surface area (Å²) in [5, 5.41) is 0.296. The third-order valence-corrected chi connectivity index (χ3v) is 1.10. The molecule has 1 heterocycles. The second kappa shape index (κ2) is 2.59. The van der Waals surface area contributed by atoms with Crippen molar-refractivity contribution in [1.82, 2.24) is 0 Å². The lowest BCUT2D eigenvalue weighted by Gasteiger charge is -1.87. The number of hydrogen-bond acceptors (Lipinski definition) is 2. The molecule has 0 atom stereocenters. The normalized spacial score (nSPS) is 8.80. The van der Waals surface area contributed by atoms with Crippen LogP contribution >= 0.6 is 11.6 Å². The molecule has 1 aromatic heterocycles. The molecule has 0 bridgehead atoms. The quantitative estimate of drug-likeness (QED) is 0.527. The van der Waals surface area contributed by atoms with E-state index in [0.717, 1.165) is 6.07 Å². The lowest BCUT2D eigenvalue weighted by atomic mass is 10.4. The van der Waals surface area contributed by atoms with Crippen LogP contribution < -0.4 is 5.63 Å². The average Bonchev–Trinajstić information content (AvgIpc) is 1.85. The molecule has 0 fully saturated rings. The van der Waals surface area contributed by atoms with Crippen LogP contribution in [0.25, 0.3) is 0 Å². The summed E-state index contributed by atoms with van der Waals surface area (Å²) >= 11 is 5.47. The van der Waals surface area contributed by atoms with Crippen molar-refractivity contribution in [2.45, 2.75) is 0 Å². The molecule has 0 saturated heterocycles. The summed E-state index contributed by atoms with van der Waals surface area (Å²) in [7, 11) is 0. The molecule has 2 nitrogen and oxygen atoms in total. The van der Waals surface area contributed by atoms with Gasteiger partial charge in [0.2, 0.25) is 0 Å². The lowest BCUT2D eigenvalue weighted by Crippen LogP contribution is -1.96. The van der Waals surface area contributed by atoms with Gasteiger partial charge in [-0.2, -0.15) is 0 Å². The van der Waals surface area contributed by atoms with Crippen molar-refractivity contribution < 1.29 is 4.42 Å². The Labute approximate surface area is 62.4 Å². The van der Waals surface area contributed by atoms with Crippen molar-refractivity contribution in [3.05, 3.63) is 33.3 Å². The Morgan fingerprint density at radius 1 is 1.60 bits per heavy atom. The number of terminal acetylenes is 1. The first-order valence-electron chi connectivity index (χ1n) is 2.49. The summed E-state index contributed by atoms with van der Waals surface area (Å²) < 4.78 is 4.53. The van der Waals surface area contributed by atoms with Crippen molar-refractivity contribution in [2.24, 2.45) is 0 Å². The summed E-state index contributed by atoms with van der Waals surface area (Å²) in [6, 6.07) is 2.56. The zero-order valence-corrected chi connectivity index (χ0v) is 5.68. The minimum Gasteiger partial charge on any atom is -0.414 e. The fourth-order valence-electron chi connectivity index (χ4n) is 0.518. The Morgan fingerprint density at radius 3 is 2.80 bits per heavy atom. The molecule has 0 aromatic carbocycles. The Balaban J connectivity index is 3.36. The van der Waals surface area contributed by atoms with E-state index in [2.05, 4.69) is 10.3 Å². The van der Waals surface area contributed by atoms with Gasteiger partial charge in [-0.3, -0.25) is 0 Å². The van der Waals surface area contributed by atoms with Crippen molar-refractivity contribution in [1.29, 1.82) is 0 Å². The average molecular weight is 155 g/mol. The van der Waals surface area contributed by atoms with Gasteiger partial charge in [0.25, 0.3) is 0 Å². The first-order valence-corrected chi connectivity index (χ1v) is 2.87. The zero-order chi connectivity index (χ0) is 7.56. The van der Waals surface area contributed by atoms with Crippen molar-refractivity contribution in [2.75, 3.05) is 0 Å². The van der Waals surface area contributed by atoms with Crippen molar-refractivity contribution >= 4 is 11.6 Å². The lowest BCUT2D eigenvalue weighted by molar-refractivity contribution is 0.499. The number of rotatable bonds is 0. The molecule has 0 aliphatic carbocycles. The van der Waals surface area contributed by atoms with Gasteiger partial charge in [0.1, 0.15) is 0 Å². The molecule has 0 aliphatic rings. The zero-order valence-electron chi connectivity index (χ0n) is 4.93. The summed E-state index contributed by atoms with van der Waals surface area (Å²) in [5.41, 5.74) is -0.527. The van der Waals surface area contributed by atoms with Crippen LogP contribution in [0.5, 0.6) is 0 Å². The topological polar surface area (TPSA) is 30.2 Å². The molecule has 0 amide bonds. The summed E-state index contributed by atoms with van der Waals surface area (Å²) in [4.78, 5) is 10.5. The van der Waals surface area contributed by atoms with Gasteiger partial charge in [0, 0.05) is 12.1 Å². The van der Waals surface area contributed by atoms with Crippen molar-refractivity contribution in [3.8, 4) is 12.3 Å². The smallest absolute Gasteiger partial charge is 0.338 e. The molecule has 0 aliphatic heterocycles. The van der Waals surface area contributed by atoms with Crippen LogP contribution in [0.3, 0.4) is 0 Å². The number of hydrogen-bond donors (Lipinski definition) is 0. The standard InChI is InChI=1S/C7H3ClO2/c1-2-6-3-5(8)4-7(9)10-6/h1,3-4H. The predicted molar refractivity (Wildman–Crippen MR) is 37.9 cm³/mol. The molecular weight excluding hydrogens is 152 g/mol. The fraction of sp³-hybridized carbons (Fsp3) is 0. The van der Waals surface area contributed by atoms with Crippen LogP contribution in [0.15, 0.2) is 21.3 Å². The molecule has 1 rings (SSSR count). The van der Waals surface area contributed by atoms with Crippen LogP contribution in [0, 0.1) is 12.3 Å². The minimum absolute atomic E-state index is 0.150. The van der Waals surface area contributed by atoms with E-state index in [9.17, 15) is 4.79 Å². The Kier molecular flexibility index (Phi) is 1.79. The van der Waals surface area contributed by atoms with Gasteiger partial charge in [-0.05, 0) is 5.92 Å². The molecule has 0 unspecified atom stereocenters. The third kappa shape index (κ3) is 1.40. The molecule has 50 valence electrons. The maximum Gasteiger partial charge on any atom is 0.338 e. The summed E-state index contributed by atoms with van der Waals surface area (Å²) in [6.07, 6.45) is 4.95. The third-order valence-electron chi connectivity index (χ3n) is 0.878. The predicted octanol–water partition coefficient (Wildman–Crippen LogP) is 1.27. The molecular formula is C7H3ClO2. The first kappa shape index (κ1) is 6.91. The van der Waals surface area contributed by atoms with Crippen LogP contribution in [0.2, 0.25) is 5.02 Å². The van der Waals surface area contributed by atoms with E-state index in [0.29, 0.717) is 5.02 Å². The van der Waals surface area contributed by atoms with Gasteiger partial charge in [-0.15, -0.1) is 6.42 Å². The van der Waals surface area contributed by atoms with E-state index in [1.54, 1.807) is 0 Å². The van der Waals surface area contributed by atoms with Gasteiger partial charge in [0.15, 0.2) is 5.76 Å². The monoisotopic (exact) mass is 154 g/mol. The second-order valence-electron chi connectivity index (χ2n) is 1.60. The summed E-state index contributed by atoms with van der Waals surface area (Å²) in [5.74, 6) is 2.31. The van der Waals surface area contributed by atoms with Crippen LogP contribution in [0.4, 0.5) is 0 Å². The second-order valence-corrected chi connectivity index (χ2v) is 2.04. The SMILES string of the molecule is C#Cc1cc(Cl)cc(=O)o1. The van der Waals surface area contributed by atoms with Gasteiger partial charge in [0.05, 0.1) is 5.02 Å². The van der Waals surface area contributed by atoms with E-state index in [1.807, 2.05) is 0 Å². The fourth-order valence-corrected chi connectivity index (χ4v) is 0.706. The molecule has 0 N–H and O–H groups in total. The summed E-state index contributed by atoms with van der Waals surface area (Å²) in [6.45, 7) is 0. The maximum absolute atomic E-state index is 10.5. The van der Waals surface area contributed by atoms with Gasteiger partial charge in [-0.25, -0.2) is 4.79 Å². The molecule has 0 saturated carbocycles. The van der Waals surface area contributed by atoms with E-state index >= 15 is 0 Å². The number of halogens is 1. The van der Waals surface area contributed by atoms with E-state index in [1.165, 1.54) is 6.07 Å². The highest BCUT2D eigenvalue weighted by Crippen LogP contribution is 2.05. The minimum atomic E-state index is -0.527. The van der Waals surface area contributed by atoms with Gasteiger partial charge < -0.3 is 4.42 Å². The van der Waals surface area contributed by atoms with Gasteiger partial charge >= 0.3 is 5.63 Å². The highest BCUT2D eigenvalue weighted by molar-refractivity contribution is 6.30. The van der Waals surface area contributed by atoms with Crippen LogP contribution in [-0.2, 0) is 0 Å². The molecule has 3 heteroatoms. The van der Waals surface area contributed by atoms with E-state index < -0.39 is 5.63 Å². The highest BCUT2D eigenvalue weighted by Gasteiger charge is 1.94. The first-order chi connectivity index (χ1) is 4.72. The molecule has 0 spiro atoms. The molecule has 1 aromatic rings. The van der Waals surface area contributed by atoms with E-state index in [4.69, 9.17) is 18.0 Å². The highest BCUT2D eigenvalue weighted by atomic mass is 35.5. The van der Waals surface area contributed by atoms with E-state index in [-0.39, 0.29) is 5.76 Å². The largest absolute Gasteiger partial charge is 0.414 e. The molecule has 0 radical (unpaired) electrons. The maximum atomic E-state index is 10.5. The Bertz CT molecular complexity index is 332. The van der Waals surface area contributed by atoms with Gasteiger partial charge in [-0.1, -0.05) is 11.6 Å². The Hall–Kier alpha value is -1.20. The van der Waals surface area contributed by atoms with Crippen LogP contribution in [0.1, 0.15) is 5.76 Å². The molecule has 10 heavy (non-hydrogen) atoms. The van der Waals surface area contributed by atoms with Crippen molar-refractivity contribution in [3.63, 3.8) is 0 Å². The Morgan fingerprint density at radius 2 is 2.30 bits per heavy atom.